The molecule has 25 heavy (non-hydrogen) atoms. The van der Waals surface area contributed by atoms with Crippen LogP contribution in [-0.2, 0) is 6.42 Å². The molecule has 0 atom stereocenters. The van der Waals surface area contributed by atoms with Crippen LogP contribution in [0.2, 0.25) is 15.1 Å². The maximum absolute atomic E-state index is 6.13. The summed E-state index contributed by atoms with van der Waals surface area (Å²) in [6.07, 6.45) is 2.40. The van der Waals surface area contributed by atoms with Crippen molar-refractivity contribution in [3.63, 3.8) is 0 Å². The van der Waals surface area contributed by atoms with Gasteiger partial charge >= 0.3 is 0 Å². The van der Waals surface area contributed by atoms with Crippen LogP contribution in [0.4, 0.5) is 17.5 Å². The molecular formula is C17H14Cl3N5. The monoisotopic (exact) mass is 393 g/mol. The van der Waals surface area contributed by atoms with Crippen LogP contribution in [0.5, 0.6) is 0 Å². The molecule has 3 aromatic rings. The Morgan fingerprint density at radius 3 is 2.48 bits per heavy atom. The molecular weight excluding hydrogens is 381 g/mol. The van der Waals surface area contributed by atoms with Gasteiger partial charge < -0.3 is 10.6 Å². The minimum Gasteiger partial charge on any atom is -0.368 e. The molecule has 0 spiro atoms. The van der Waals surface area contributed by atoms with Gasteiger partial charge in [-0.3, -0.25) is 0 Å². The Morgan fingerprint density at radius 1 is 0.920 bits per heavy atom. The summed E-state index contributed by atoms with van der Waals surface area (Å²) in [7, 11) is 0. The number of hydrogen-bond acceptors (Lipinski definition) is 5. The molecule has 0 aliphatic carbocycles. The normalized spacial score (nSPS) is 10.5. The van der Waals surface area contributed by atoms with Gasteiger partial charge in [-0.25, -0.2) is 0 Å². The summed E-state index contributed by atoms with van der Waals surface area (Å²) >= 11 is 18.0. The first-order chi connectivity index (χ1) is 12.1. The molecule has 0 unspecified atom stereocenters. The molecule has 2 N–H and O–H groups in total. The van der Waals surface area contributed by atoms with Crippen LogP contribution in [0.3, 0.4) is 0 Å². The molecule has 2 aromatic carbocycles. The summed E-state index contributed by atoms with van der Waals surface area (Å²) in [5.74, 6) is 0.949. The van der Waals surface area contributed by atoms with E-state index in [2.05, 4.69) is 25.8 Å². The molecule has 1 heterocycles. The number of hydrogen-bond donors (Lipinski definition) is 2. The predicted octanol–water partition coefficient (Wildman–Crippen LogP) is 5.23. The van der Waals surface area contributed by atoms with Crippen LogP contribution in [0.1, 0.15) is 5.56 Å². The highest BCUT2D eigenvalue weighted by Gasteiger charge is 2.05. The molecule has 1 aromatic heterocycles. The van der Waals surface area contributed by atoms with Gasteiger partial charge in [0.2, 0.25) is 5.95 Å². The summed E-state index contributed by atoms with van der Waals surface area (Å²) in [5, 5.41) is 15.9. The van der Waals surface area contributed by atoms with Gasteiger partial charge in [-0.2, -0.15) is 10.1 Å². The van der Waals surface area contributed by atoms with E-state index in [4.69, 9.17) is 34.8 Å². The second-order valence-corrected chi connectivity index (χ2v) is 6.50. The molecule has 0 bridgehead atoms. The fourth-order valence-corrected chi connectivity index (χ4v) is 2.60. The zero-order valence-corrected chi connectivity index (χ0v) is 15.3. The van der Waals surface area contributed by atoms with Crippen molar-refractivity contribution in [1.29, 1.82) is 0 Å². The van der Waals surface area contributed by atoms with E-state index < -0.39 is 0 Å². The zero-order chi connectivity index (χ0) is 17.6. The lowest BCUT2D eigenvalue weighted by Crippen LogP contribution is -2.08. The van der Waals surface area contributed by atoms with Crippen molar-refractivity contribution < 1.29 is 0 Å². The van der Waals surface area contributed by atoms with Gasteiger partial charge in [0, 0.05) is 16.6 Å². The number of rotatable bonds is 6. The summed E-state index contributed by atoms with van der Waals surface area (Å²) in [5.41, 5.74) is 1.80. The van der Waals surface area contributed by atoms with Crippen molar-refractivity contribution in [1.82, 2.24) is 15.2 Å². The fourth-order valence-electron chi connectivity index (χ4n) is 2.14. The van der Waals surface area contributed by atoms with Crippen molar-refractivity contribution in [2.75, 3.05) is 17.2 Å². The topological polar surface area (TPSA) is 62.7 Å². The Balaban J connectivity index is 1.61. The van der Waals surface area contributed by atoms with Crippen LogP contribution in [0, 0.1) is 0 Å². The summed E-state index contributed by atoms with van der Waals surface area (Å²) in [4.78, 5) is 4.37. The minimum absolute atomic E-state index is 0.334. The lowest BCUT2D eigenvalue weighted by Gasteiger charge is -2.09. The third-order valence-electron chi connectivity index (χ3n) is 3.37. The molecule has 5 nitrogen and oxygen atoms in total. The zero-order valence-electron chi connectivity index (χ0n) is 13.0. The van der Waals surface area contributed by atoms with Crippen LogP contribution in [0.15, 0.2) is 48.7 Å². The first kappa shape index (κ1) is 17.7. The Hall–Kier alpha value is -2.08. The number of nitrogens with one attached hydrogen (secondary N) is 2. The Kier molecular flexibility index (Phi) is 5.91. The summed E-state index contributed by atoms with van der Waals surface area (Å²) in [6.45, 7) is 0.706. The molecule has 3 rings (SSSR count). The molecule has 0 aliphatic rings. The largest absolute Gasteiger partial charge is 0.368 e. The third kappa shape index (κ3) is 5.19. The Bertz CT molecular complexity index is 855. The summed E-state index contributed by atoms with van der Waals surface area (Å²) < 4.78 is 0. The number of benzene rings is 2. The van der Waals surface area contributed by atoms with Crippen molar-refractivity contribution in [3.05, 3.63) is 69.3 Å². The number of halogens is 3. The average molecular weight is 395 g/mol. The van der Waals surface area contributed by atoms with E-state index in [1.54, 1.807) is 24.4 Å². The summed E-state index contributed by atoms with van der Waals surface area (Å²) in [6, 6.07) is 12.9. The molecule has 0 amide bonds. The van der Waals surface area contributed by atoms with E-state index in [0.29, 0.717) is 34.0 Å². The first-order valence-corrected chi connectivity index (χ1v) is 8.64. The van der Waals surface area contributed by atoms with Gasteiger partial charge in [-0.15, -0.1) is 5.10 Å². The lowest BCUT2D eigenvalue weighted by atomic mass is 10.1. The van der Waals surface area contributed by atoms with E-state index in [9.17, 15) is 0 Å². The van der Waals surface area contributed by atoms with Gasteiger partial charge in [0.15, 0.2) is 5.82 Å². The van der Waals surface area contributed by atoms with Crippen LogP contribution >= 0.6 is 34.8 Å². The number of anilines is 3. The van der Waals surface area contributed by atoms with E-state index >= 15 is 0 Å². The molecule has 0 aliphatic heterocycles. The second-order valence-electron chi connectivity index (χ2n) is 5.22. The molecule has 0 saturated carbocycles. The van der Waals surface area contributed by atoms with E-state index in [1.165, 1.54) is 5.56 Å². The number of nitrogens with zero attached hydrogens (tertiary/aromatic N) is 3. The SMILES string of the molecule is Clc1ccc(CCNc2cnnc(Nc3cc(Cl)ccc3Cl)n2)cc1. The highest BCUT2D eigenvalue weighted by molar-refractivity contribution is 6.35. The molecule has 128 valence electrons. The van der Waals surface area contributed by atoms with Crippen LogP contribution in [-0.4, -0.2) is 21.7 Å². The van der Waals surface area contributed by atoms with Crippen LogP contribution < -0.4 is 10.6 Å². The molecule has 8 heteroatoms. The van der Waals surface area contributed by atoms with E-state index in [1.807, 2.05) is 24.3 Å². The van der Waals surface area contributed by atoms with Gasteiger partial charge in [0.05, 0.1) is 16.9 Å². The van der Waals surface area contributed by atoms with Gasteiger partial charge in [-0.05, 0) is 42.3 Å². The first-order valence-electron chi connectivity index (χ1n) is 7.50. The van der Waals surface area contributed by atoms with Gasteiger partial charge in [-0.1, -0.05) is 46.9 Å². The quantitative estimate of drug-likeness (QED) is 0.599. The number of aromatic nitrogens is 3. The highest BCUT2D eigenvalue weighted by atomic mass is 35.5. The maximum atomic E-state index is 6.13. The molecule has 0 radical (unpaired) electrons. The van der Waals surface area contributed by atoms with Crippen molar-refractivity contribution in [2.24, 2.45) is 0 Å². The minimum atomic E-state index is 0.334. The van der Waals surface area contributed by atoms with Gasteiger partial charge in [0.1, 0.15) is 0 Å². The third-order valence-corrected chi connectivity index (χ3v) is 4.18. The molecule has 0 fully saturated rings. The lowest BCUT2D eigenvalue weighted by molar-refractivity contribution is 0.950. The van der Waals surface area contributed by atoms with E-state index in [-0.39, 0.29) is 0 Å². The smallest absolute Gasteiger partial charge is 0.249 e. The van der Waals surface area contributed by atoms with Crippen molar-refractivity contribution in [2.45, 2.75) is 6.42 Å². The Labute approximate surface area is 160 Å². The average Bonchev–Trinajstić information content (AvgIpc) is 2.60. The van der Waals surface area contributed by atoms with Crippen molar-refractivity contribution in [3.8, 4) is 0 Å². The predicted molar refractivity (Wildman–Crippen MR) is 103 cm³/mol. The van der Waals surface area contributed by atoms with Crippen LogP contribution in [0.25, 0.3) is 0 Å². The van der Waals surface area contributed by atoms with Gasteiger partial charge in [0.25, 0.3) is 0 Å². The highest BCUT2D eigenvalue weighted by Crippen LogP contribution is 2.27. The maximum Gasteiger partial charge on any atom is 0.249 e. The standard InChI is InChI=1S/C17H14Cl3N5/c18-12-3-1-11(2-4-12)7-8-21-16-10-22-25-17(24-16)23-15-9-13(19)5-6-14(15)20/h1-6,9-10H,7-8H2,(H2,21,23,24,25). The second kappa shape index (κ2) is 8.34. The van der Waals surface area contributed by atoms with Crippen molar-refractivity contribution >= 4 is 52.3 Å². The fraction of sp³-hybridized carbons (Fsp3) is 0.118. The molecule has 0 saturated heterocycles. The Morgan fingerprint density at radius 2 is 1.68 bits per heavy atom. The van der Waals surface area contributed by atoms with E-state index in [0.717, 1.165) is 11.4 Å².